The minimum atomic E-state index is -0.143. The number of carbonyl (C=O) groups excluding carboxylic acids is 2. The number of ketones is 2. The maximum absolute atomic E-state index is 12.1. The summed E-state index contributed by atoms with van der Waals surface area (Å²) in [4.78, 5) is 23.7. The van der Waals surface area contributed by atoms with Crippen LogP contribution in [0, 0.1) is 0 Å². The fourth-order valence-corrected chi connectivity index (χ4v) is 2.06. The minimum absolute atomic E-state index is 0.0140. The summed E-state index contributed by atoms with van der Waals surface area (Å²) in [5.41, 5.74) is 6.48. The van der Waals surface area contributed by atoms with Crippen LogP contribution in [-0.4, -0.2) is 18.1 Å². The highest BCUT2D eigenvalue weighted by atomic mass is 79.9. The number of Topliss-reactive ketones (excluding diaryl/α,β-unsaturated/α-hetero) is 2. The molecule has 102 valence electrons. The van der Waals surface area contributed by atoms with E-state index in [2.05, 4.69) is 15.9 Å². The van der Waals surface area contributed by atoms with Crippen LogP contribution in [0.2, 0.25) is 0 Å². The molecule has 4 nitrogen and oxygen atoms in total. The number of hydrogen-bond acceptors (Lipinski definition) is 3. The summed E-state index contributed by atoms with van der Waals surface area (Å²) in [5, 5.41) is 0. The summed E-state index contributed by atoms with van der Waals surface area (Å²) < 4.78 is 2.62. The topological polar surface area (TPSA) is 64.0 Å². The van der Waals surface area contributed by atoms with Gasteiger partial charge < -0.3 is 5.73 Å². The van der Waals surface area contributed by atoms with E-state index in [1.54, 1.807) is 41.2 Å². The third kappa shape index (κ3) is 3.59. The second-order valence-corrected chi connectivity index (χ2v) is 5.24. The highest BCUT2D eigenvalue weighted by molar-refractivity contribution is 9.10. The number of halogens is 1. The average Bonchev–Trinajstić information content (AvgIpc) is 2.47. The normalized spacial score (nSPS) is 10.3. The van der Waals surface area contributed by atoms with Crippen molar-refractivity contribution < 1.29 is 14.2 Å². The van der Waals surface area contributed by atoms with Crippen molar-refractivity contribution in [3.05, 3.63) is 64.4 Å². The molecule has 0 aliphatic carbocycles. The van der Waals surface area contributed by atoms with E-state index in [1.165, 1.54) is 0 Å². The van der Waals surface area contributed by atoms with E-state index in [1.807, 2.05) is 12.1 Å². The monoisotopic (exact) mass is 333 g/mol. The third-order valence-corrected chi connectivity index (χ3v) is 3.39. The van der Waals surface area contributed by atoms with Gasteiger partial charge in [0.2, 0.25) is 12.3 Å². The van der Waals surface area contributed by atoms with Gasteiger partial charge in [-0.05, 0) is 18.2 Å². The quantitative estimate of drug-likeness (QED) is 0.669. The first-order chi connectivity index (χ1) is 9.60. The zero-order chi connectivity index (χ0) is 14.5. The lowest BCUT2D eigenvalue weighted by molar-refractivity contribution is -0.683. The van der Waals surface area contributed by atoms with Crippen LogP contribution >= 0.6 is 15.9 Å². The van der Waals surface area contributed by atoms with Crippen molar-refractivity contribution in [1.82, 2.24) is 0 Å². The number of pyridine rings is 1. The molecule has 0 radical (unpaired) electrons. The number of rotatable bonds is 5. The van der Waals surface area contributed by atoms with E-state index < -0.39 is 0 Å². The number of nitrogens with zero attached hydrogens (tertiary/aromatic N) is 1. The number of hydrogen-bond donors (Lipinski definition) is 1. The first-order valence-corrected chi connectivity index (χ1v) is 6.90. The standard InChI is InChI=1S/C15H14BrN2O2/c16-13-5-3-11(4-6-13)15(20)10-18-7-1-2-12(9-18)14(19)8-17/h1-7,9H,8,10,17H2/q+1. The Labute approximate surface area is 125 Å². The molecule has 0 spiro atoms. The molecule has 0 unspecified atom stereocenters. The number of nitrogens with two attached hydrogens (primary N) is 1. The van der Waals surface area contributed by atoms with Gasteiger partial charge in [-0.1, -0.05) is 28.1 Å². The molecule has 20 heavy (non-hydrogen) atoms. The van der Waals surface area contributed by atoms with E-state index in [0.29, 0.717) is 11.1 Å². The Morgan fingerprint density at radius 1 is 1.05 bits per heavy atom. The highest BCUT2D eigenvalue weighted by Gasteiger charge is 2.14. The van der Waals surface area contributed by atoms with Gasteiger partial charge in [0, 0.05) is 16.1 Å². The fraction of sp³-hybridized carbons (Fsp3) is 0.133. The molecular formula is C15H14BrN2O2+. The van der Waals surface area contributed by atoms with Gasteiger partial charge in [-0.2, -0.15) is 4.57 Å². The number of benzene rings is 1. The summed E-state index contributed by atoms with van der Waals surface area (Å²) in [7, 11) is 0. The van der Waals surface area contributed by atoms with Gasteiger partial charge in [-0.25, -0.2) is 0 Å². The molecule has 0 aliphatic rings. The van der Waals surface area contributed by atoms with E-state index in [4.69, 9.17) is 5.73 Å². The van der Waals surface area contributed by atoms with Crippen LogP contribution in [0.15, 0.2) is 53.3 Å². The Hall–Kier alpha value is -1.85. The Bertz CT molecular complexity index is 639. The summed E-state index contributed by atoms with van der Waals surface area (Å²) in [6.07, 6.45) is 3.40. The molecule has 0 atom stereocenters. The van der Waals surface area contributed by atoms with Crippen molar-refractivity contribution in [3.63, 3.8) is 0 Å². The van der Waals surface area contributed by atoms with E-state index >= 15 is 0 Å². The van der Waals surface area contributed by atoms with Crippen molar-refractivity contribution >= 4 is 27.5 Å². The van der Waals surface area contributed by atoms with E-state index in [0.717, 1.165) is 4.47 Å². The molecule has 5 heteroatoms. The highest BCUT2D eigenvalue weighted by Crippen LogP contribution is 2.11. The van der Waals surface area contributed by atoms with E-state index in [9.17, 15) is 9.59 Å². The Morgan fingerprint density at radius 2 is 1.75 bits per heavy atom. The van der Waals surface area contributed by atoms with Gasteiger partial charge in [0.05, 0.1) is 12.1 Å². The van der Waals surface area contributed by atoms with Crippen LogP contribution in [0.1, 0.15) is 20.7 Å². The first-order valence-electron chi connectivity index (χ1n) is 6.11. The van der Waals surface area contributed by atoms with Crippen LogP contribution in [0.5, 0.6) is 0 Å². The third-order valence-electron chi connectivity index (χ3n) is 2.86. The number of aromatic nitrogens is 1. The molecule has 0 fully saturated rings. The molecule has 2 rings (SSSR count). The SMILES string of the molecule is NCC(=O)c1ccc[n+](CC(=O)c2ccc(Br)cc2)c1. The lowest BCUT2D eigenvalue weighted by Crippen LogP contribution is -2.38. The van der Waals surface area contributed by atoms with Gasteiger partial charge in [0.1, 0.15) is 0 Å². The first kappa shape index (κ1) is 14.6. The van der Waals surface area contributed by atoms with Gasteiger partial charge in [-0.3, -0.25) is 9.59 Å². The molecular weight excluding hydrogens is 320 g/mol. The zero-order valence-corrected chi connectivity index (χ0v) is 12.3. The van der Waals surface area contributed by atoms with Gasteiger partial charge >= 0.3 is 0 Å². The minimum Gasteiger partial charge on any atom is -0.324 e. The van der Waals surface area contributed by atoms with Crippen molar-refractivity contribution in [3.8, 4) is 0 Å². The smallest absolute Gasteiger partial charge is 0.227 e. The van der Waals surface area contributed by atoms with Crippen LogP contribution in [0.3, 0.4) is 0 Å². The lowest BCUT2D eigenvalue weighted by Gasteiger charge is -2.00. The summed E-state index contributed by atoms with van der Waals surface area (Å²) >= 11 is 3.33. The van der Waals surface area contributed by atoms with Crippen LogP contribution in [-0.2, 0) is 6.54 Å². The van der Waals surface area contributed by atoms with E-state index in [-0.39, 0.29) is 24.7 Å². The average molecular weight is 334 g/mol. The molecule has 0 bridgehead atoms. The largest absolute Gasteiger partial charge is 0.324 e. The van der Waals surface area contributed by atoms with Crippen LogP contribution < -0.4 is 10.3 Å². The Kier molecular flexibility index (Phi) is 4.76. The molecule has 2 aromatic rings. The van der Waals surface area contributed by atoms with Crippen LogP contribution in [0.25, 0.3) is 0 Å². The maximum Gasteiger partial charge on any atom is 0.227 e. The summed E-state index contributed by atoms with van der Waals surface area (Å²) in [5.74, 6) is -0.157. The predicted octanol–water partition coefficient (Wildman–Crippen LogP) is 1.76. The predicted molar refractivity (Wildman–Crippen MR) is 78.5 cm³/mol. The van der Waals surface area contributed by atoms with Gasteiger partial charge in [-0.15, -0.1) is 0 Å². The second-order valence-electron chi connectivity index (χ2n) is 4.32. The molecule has 1 aromatic heterocycles. The fourth-order valence-electron chi connectivity index (χ4n) is 1.80. The van der Waals surface area contributed by atoms with Crippen molar-refractivity contribution in [2.45, 2.75) is 6.54 Å². The van der Waals surface area contributed by atoms with Crippen molar-refractivity contribution in [2.75, 3.05) is 6.54 Å². The molecule has 0 saturated carbocycles. The molecule has 0 aliphatic heterocycles. The maximum atomic E-state index is 12.1. The van der Waals surface area contributed by atoms with Crippen molar-refractivity contribution in [2.24, 2.45) is 5.73 Å². The zero-order valence-electron chi connectivity index (χ0n) is 10.8. The molecule has 1 aromatic carbocycles. The van der Waals surface area contributed by atoms with Gasteiger partial charge in [0.15, 0.2) is 18.2 Å². The number of carbonyl (C=O) groups is 2. The second kappa shape index (κ2) is 6.54. The summed E-state index contributed by atoms with van der Waals surface area (Å²) in [6.45, 7) is 0.151. The molecule has 1 heterocycles. The summed E-state index contributed by atoms with van der Waals surface area (Å²) in [6, 6.07) is 10.6. The lowest BCUT2D eigenvalue weighted by atomic mass is 10.1. The molecule has 0 amide bonds. The molecule has 0 saturated heterocycles. The molecule has 2 N–H and O–H groups in total. The van der Waals surface area contributed by atoms with Gasteiger partial charge in [0.25, 0.3) is 0 Å². The van der Waals surface area contributed by atoms with Crippen molar-refractivity contribution in [1.29, 1.82) is 0 Å². The Morgan fingerprint density at radius 3 is 2.40 bits per heavy atom. The van der Waals surface area contributed by atoms with Crippen LogP contribution in [0.4, 0.5) is 0 Å². The Balaban J connectivity index is 2.15.